The largest absolute Gasteiger partial charge is 0.456 e. The van der Waals surface area contributed by atoms with Crippen molar-refractivity contribution < 1.29 is 13.2 Å². The van der Waals surface area contributed by atoms with Crippen molar-refractivity contribution in [2.75, 3.05) is 6.26 Å². The predicted molar refractivity (Wildman–Crippen MR) is 118 cm³/mol. The first-order valence-electron chi connectivity index (χ1n) is 9.14. The van der Waals surface area contributed by atoms with Crippen molar-refractivity contribution >= 4 is 33.1 Å². The molecule has 0 saturated carbocycles. The molecule has 0 fully saturated rings. The van der Waals surface area contributed by atoms with Crippen LogP contribution in [0.4, 0.5) is 0 Å². The van der Waals surface area contributed by atoms with Gasteiger partial charge in [0.05, 0.1) is 4.90 Å². The van der Waals surface area contributed by atoms with Gasteiger partial charge in [-0.1, -0.05) is 30.3 Å². The van der Waals surface area contributed by atoms with Gasteiger partial charge in [0.25, 0.3) is 0 Å². The van der Waals surface area contributed by atoms with Gasteiger partial charge in [0.1, 0.15) is 11.5 Å². The van der Waals surface area contributed by atoms with E-state index in [0.717, 1.165) is 40.2 Å². The summed E-state index contributed by atoms with van der Waals surface area (Å²) < 4.78 is 29.5. The number of sulfonamides is 1. The van der Waals surface area contributed by atoms with E-state index in [1.165, 1.54) is 22.6 Å². The monoisotopic (exact) mass is 423 g/mol. The van der Waals surface area contributed by atoms with E-state index in [9.17, 15) is 8.42 Å². The third-order valence-corrected chi connectivity index (χ3v) is 6.84. The standard InChI is InChI=1S/C23H21NO3S2/c1-15-13-17(9-12-22(15)28-2)20-14-18-5-3-4-6-21(18)27-23(20)16-7-10-19(11-8-16)29(24,25)26/h3-13H,14H2,1-2H3,(H2,24,25,26). The van der Waals surface area contributed by atoms with E-state index in [2.05, 4.69) is 37.4 Å². The summed E-state index contributed by atoms with van der Waals surface area (Å²) in [5.41, 5.74) is 5.32. The molecule has 4 nitrogen and oxygen atoms in total. The molecule has 0 atom stereocenters. The van der Waals surface area contributed by atoms with Crippen LogP contribution in [-0.4, -0.2) is 14.7 Å². The Morgan fingerprint density at radius 1 is 0.966 bits per heavy atom. The third kappa shape index (κ3) is 3.96. The Balaban J connectivity index is 1.86. The lowest BCUT2D eigenvalue weighted by Gasteiger charge is -2.24. The van der Waals surface area contributed by atoms with Crippen molar-refractivity contribution in [3.8, 4) is 5.75 Å². The van der Waals surface area contributed by atoms with Crippen molar-refractivity contribution in [1.29, 1.82) is 0 Å². The zero-order valence-corrected chi connectivity index (χ0v) is 17.8. The highest BCUT2D eigenvalue weighted by atomic mass is 32.2. The van der Waals surface area contributed by atoms with E-state index in [-0.39, 0.29) is 4.90 Å². The Bertz CT molecular complexity index is 1210. The number of thioether (sulfide) groups is 1. The fourth-order valence-electron chi connectivity index (χ4n) is 3.52. The second-order valence-corrected chi connectivity index (χ2v) is 9.36. The lowest BCUT2D eigenvalue weighted by Crippen LogP contribution is -2.13. The molecule has 1 heterocycles. The van der Waals surface area contributed by atoms with Gasteiger partial charge in [0.15, 0.2) is 0 Å². The molecule has 6 heteroatoms. The van der Waals surface area contributed by atoms with Crippen LogP contribution in [0.3, 0.4) is 0 Å². The minimum atomic E-state index is -3.74. The van der Waals surface area contributed by atoms with Crippen LogP contribution in [0.25, 0.3) is 11.3 Å². The number of hydrogen-bond donors (Lipinski definition) is 1. The number of rotatable bonds is 4. The molecule has 148 valence electrons. The van der Waals surface area contributed by atoms with Crippen molar-refractivity contribution in [3.05, 3.63) is 89.0 Å². The Morgan fingerprint density at radius 3 is 2.31 bits per heavy atom. The smallest absolute Gasteiger partial charge is 0.238 e. The minimum absolute atomic E-state index is 0.0831. The van der Waals surface area contributed by atoms with Crippen molar-refractivity contribution in [1.82, 2.24) is 0 Å². The van der Waals surface area contributed by atoms with Crippen molar-refractivity contribution in [3.63, 3.8) is 0 Å². The molecule has 0 spiro atoms. The van der Waals surface area contributed by atoms with Crippen LogP contribution in [0.5, 0.6) is 5.75 Å². The highest BCUT2D eigenvalue weighted by Crippen LogP contribution is 2.40. The number of benzene rings is 3. The minimum Gasteiger partial charge on any atom is -0.456 e. The van der Waals surface area contributed by atoms with Crippen LogP contribution in [0.15, 0.2) is 76.5 Å². The van der Waals surface area contributed by atoms with E-state index >= 15 is 0 Å². The van der Waals surface area contributed by atoms with Gasteiger partial charge in [-0.3, -0.25) is 0 Å². The number of primary sulfonamides is 1. The second kappa shape index (κ2) is 7.71. The van der Waals surface area contributed by atoms with Gasteiger partial charge in [0, 0.05) is 22.5 Å². The van der Waals surface area contributed by atoms with Gasteiger partial charge in [0.2, 0.25) is 10.0 Å². The summed E-state index contributed by atoms with van der Waals surface area (Å²) in [7, 11) is -3.74. The molecular formula is C23H21NO3S2. The van der Waals surface area contributed by atoms with E-state index in [0.29, 0.717) is 0 Å². The first-order chi connectivity index (χ1) is 13.9. The molecule has 2 N–H and O–H groups in total. The molecule has 3 aromatic carbocycles. The number of para-hydroxylation sites is 1. The maximum Gasteiger partial charge on any atom is 0.238 e. The number of fused-ring (bicyclic) bond motifs is 1. The fourth-order valence-corrected chi connectivity index (χ4v) is 4.62. The van der Waals surface area contributed by atoms with Gasteiger partial charge in [-0.05, 0) is 66.3 Å². The van der Waals surface area contributed by atoms with E-state index in [4.69, 9.17) is 9.88 Å². The number of aryl methyl sites for hydroxylation is 1. The Hall–Kier alpha value is -2.54. The van der Waals surface area contributed by atoms with Crippen molar-refractivity contribution in [2.24, 2.45) is 5.14 Å². The van der Waals surface area contributed by atoms with E-state index in [1.54, 1.807) is 23.9 Å². The SMILES string of the molecule is CSc1ccc(C2=C(c3ccc(S(N)(=O)=O)cc3)Oc3ccccc3C2)cc1C. The molecule has 29 heavy (non-hydrogen) atoms. The summed E-state index contributed by atoms with van der Waals surface area (Å²) in [5, 5.41) is 5.24. The summed E-state index contributed by atoms with van der Waals surface area (Å²) in [6.45, 7) is 2.11. The Morgan fingerprint density at radius 2 is 1.66 bits per heavy atom. The molecule has 0 unspecified atom stereocenters. The van der Waals surface area contributed by atoms with E-state index < -0.39 is 10.0 Å². The molecule has 0 aromatic heterocycles. The molecule has 1 aliphatic heterocycles. The molecule has 3 aromatic rings. The van der Waals surface area contributed by atoms with Gasteiger partial charge < -0.3 is 4.74 Å². The quantitative estimate of drug-likeness (QED) is 0.608. The maximum atomic E-state index is 11.6. The molecule has 0 bridgehead atoms. The van der Waals surface area contributed by atoms with E-state index in [1.807, 2.05) is 18.2 Å². The lowest BCUT2D eigenvalue weighted by atomic mass is 9.91. The Kier molecular flexibility index (Phi) is 5.25. The van der Waals surface area contributed by atoms with Crippen molar-refractivity contribution in [2.45, 2.75) is 23.1 Å². The summed E-state index contributed by atoms with van der Waals surface area (Å²) in [4.78, 5) is 1.32. The molecule has 0 saturated heterocycles. The van der Waals surface area contributed by atoms with Gasteiger partial charge in [-0.25, -0.2) is 13.6 Å². The zero-order chi connectivity index (χ0) is 20.6. The van der Waals surface area contributed by atoms with Gasteiger partial charge in [-0.2, -0.15) is 0 Å². The summed E-state index contributed by atoms with van der Waals surface area (Å²) in [6.07, 6.45) is 2.81. The average molecular weight is 424 g/mol. The molecule has 0 aliphatic carbocycles. The predicted octanol–water partition coefficient (Wildman–Crippen LogP) is 4.87. The number of ether oxygens (including phenoxy) is 1. The summed E-state index contributed by atoms with van der Waals surface area (Å²) in [6, 6.07) is 20.9. The number of hydrogen-bond acceptors (Lipinski definition) is 4. The Labute approximate surface area is 175 Å². The van der Waals surface area contributed by atoms with Gasteiger partial charge >= 0.3 is 0 Å². The maximum absolute atomic E-state index is 11.6. The highest BCUT2D eigenvalue weighted by molar-refractivity contribution is 7.98. The molecular weight excluding hydrogens is 402 g/mol. The van der Waals surface area contributed by atoms with Crippen LogP contribution in [0, 0.1) is 6.92 Å². The normalized spacial score (nSPS) is 13.8. The van der Waals surface area contributed by atoms with Crippen LogP contribution < -0.4 is 9.88 Å². The molecule has 0 radical (unpaired) electrons. The number of allylic oxidation sites excluding steroid dienone is 1. The fraction of sp³-hybridized carbons (Fsp3) is 0.130. The third-order valence-electron chi connectivity index (χ3n) is 5.01. The van der Waals surface area contributed by atoms with Crippen LogP contribution in [0.2, 0.25) is 0 Å². The zero-order valence-electron chi connectivity index (χ0n) is 16.2. The second-order valence-electron chi connectivity index (χ2n) is 6.95. The average Bonchev–Trinajstić information content (AvgIpc) is 2.72. The molecule has 1 aliphatic rings. The summed E-state index contributed by atoms with van der Waals surface area (Å²) in [5.74, 6) is 1.56. The first kappa shape index (κ1) is 19.8. The lowest BCUT2D eigenvalue weighted by molar-refractivity contribution is 0.502. The topological polar surface area (TPSA) is 69.4 Å². The van der Waals surface area contributed by atoms with Crippen LogP contribution in [-0.2, 0) is 16.4 Å². The van der Waals surface area contributed by atoms with Crippen LogP contribution in [0.1, 0.15) is 22.3 Å². The number of nitrogens with two attached hydrogens (primary N) is 1. The van der Waals surface area contributed by atoms with Gasteiger partial charge in [-0.15, -0.1) is 11.8 Å². The van der Waals surface area contributed by atoms with Crippen LogP contribution >= 0.6 is 11.8 Å². The summed E-state index contributed by atoms with van der Waals surface area (Å²) >= 11 is 1.72. The molecule has 0 amide bonds. The molecule has 4 rings (SSSR count). The first-order valence-corrected chi connectivity index (χ1v) is 11.9. The highest BCUT2D eigenvalue weighted by Gasteiger charge is 2.23.